The third kappa shape index (κ3) is 4.84. The average Bonchev–Trinajstić information content (AvgIpc) is 3.46. The van der Waals surface area contributed by atoms with E-state index in [1.54, 1.807) is 6.07 Å². The molecule has 1 saturated heterocycles. The van der Waals surface area contributed by atoms with Crippen LogP contribution in [0, 0.1) is 0 Å². The minimum absolute atomic E-state index is 0.0121. The number of thiophene rings is 1. The highest BCUT2D eigenvalue weighted by molar-refractivity contribution is 7.12. The predicted molar refractivity (Wildman–Crippen MR) is 115 cm³/mol. The number of hydrogen-bond acceptors (Lipinski definition) is 6. The number of piperidine rings is 1. The maximum Gasteiger partial charge on any atom is 0.223 e. The molecule has 1 aromatic carbocycles. The first-order valence-electron chi connectivity index (χ1n) is 10.3. The zero-order valence-corrected chi connectivity index (χ0v) is 17.5. The first-order valence-corrected chi connectivity index (χ1v) is 11.2. The second kappa shape index (κ2) is 9.34. The van der Waals surface area contributed by atoms with Gasteiger partial charge in [0.2, 0.25) is 5.91 Å². The molecule has 1 unspecified atom stereocenters. The number of likely N-dealkylation sites (tertiary alicyclic amines) is 1. The Hall–Kier alpha value is -2.80. The van der Waals surface area contributed by atoms with Crippen molar-refractivity contribution >= 4 is 39.9 Å². The highest BCUT2D eigenvalue weighted by atomic mass is 32.1. The molecule has 7 heteroatoms. The summed E-state index contributed by atoms with van der Waals surface area (Å²) < 4.78 is 5.88. The van der Waals surface area contributed by atoms with E-state index in [0.29, 0.717) is 23.9 Å². The van der Waals surface area contributed by atoms with E-state index in [9.17, 15) is 14.4 Å². The van der Waals surface area contributed by atoms with Crippen LogP contribution in [0.4, 0.5) is 0 Å². The number of Topliss-reactive ketones (excluding diaryl/α,β-unsaturated/α-hetero) is 2. The van der Waals surface area contributed by atoms with E-state index in [4.69, 9.17) is 4.42 Å². The molecule has 4 rings (SSSR count). The van der Waals surface area contributed by atoms with Crippen molar-refractivity contribution in [2.75, 3.05) is 13.1 Å². The van der Waals surface area contributed by atoms with Crippen molar-refractivity contribution in [2.24, 2.45) is 0 Å². The number of rotatable bonds is 8. The summed E-state index contributed by atoms with van der Waals surface area (Å²) in [4.78, 5) is 43.8. The molecule has 1 amide bonds. The van der Waals surface area contributed by atoms with Crippen molar-refractivity contribution in [1.29, 1.82) is 0 Å². The number of para-hydroxylation sites is 2. The number of carbonyl (C=O) groups is 3. The van der Waals surface area contributed by atoms with Crippen LogP contribution in [0.15, 0.2) is 46.2 Å². The topological polar surface area (TPSA) is 80.5 Å². The summed E-state index contributed by atoms with van der Waals surface area (Å²) in [6, 6.07) is 11.3. The lowest BCUT2D eigenvalue weighted by Gasteiger charge is -2.31. The quantitative estimate of drug-likeness (QED) is 0.494. The molecule has 1 fully saturated rings. The van der Waals surface area contributed by atoms with Gasteiger partial charge in [-0.25, -0.2) is 4.98 Å². The van der Waals surface area contributed by atoms with Gasteiger partial charge < -0.3 is 9.32 Å². The van der Waals surface area contributed by atoms with Gasteiger partial charge in [-0.05, 0) is 36.4 Å². The van der Waals surface area contributed by atoms with Crippen molar-refractivity contribution < 1.29 is 18.8 Å². The number of benzene rings is 1. The summed E-state index contributed by atoms with van der Waals surface area (Å²) in [5.74, 6) is 0.683. The molecule has 156 valence electrons. The number of amides is 1. The molecule has 0 spiro atoms. The zero-order valence-electron chi connectivity index (χ0n) is 16.7. The first-order chi connectivity index (χ1) is 14.6. The van der Waals surface area contributed by atoms with E-state index in [2.05, 4.69) is 4.98 Å². The number of hydrogen-bond donors (Lipinski definition) is 0. The van der Waals surface area contributed by atoms with Crippen LogP contribution in [0.1, 0.15) is 60.0 Å². The monoisotopic (exact) mass is 424 g/mol. The number of carbonyl (C=O) groups excluding carboxylic acids is 3. The molecule has 1 atom stereocenters. The van der Waals surface area contributed by atoms with Gasteiger partial charge in [-0.3, -0.25) is 14.4 Å². The van der Waals surface area contributed by atoms with Crippen molar-refractivity contribution in [1.82, 2.24) is 9.88 Å². The van der Waals surface area contributed by atoms with Gasteiger partial charge in [0.25, 0.3) is 0 Å². The summed E-state index contributed by atoms with van der Waals surface area (Å²) in [5, 5.41) is 1.85. The fraction of sp³-hybridized carbons (Fsp3) is 0.391. The van der Waals surface area contributed by atoms with Gasteiger partial charge in [0, 0.05) is 38.8 Å². The Kier molecular flexibility index (Phi) is 6.38. The van der Waals surface area contributed by atoms with E-state index in [1.165, 1.54) is 11.3 Å². The minimum Gasteiger partial charge on any atom is -0.440 e. The fourth-order valence-electron chi connectivity index (χ4n) is 3.81. The summed E-state index contributed by atoms with van der Waals surface area (Å²) in [5.41, 5.74) is 1.59. The lowest BCUT2D eigenvalue weighted by Crippen LogP contribution is -2.39. The minimum atomic E-state index is -0.0410. The summed E-state index contributed by atoms with van der Waals surface area (Å²) in [6.45, 7) is 1.26. The Labute approximate surface area is 178 Å². The standard InChI is InChI=1S/C23H24N2O4S/c26-17(9-11-19(27)21-8-4-14-30-21)10-12-22(28)25-13-3-5-16(15-25)23-24-18-6-1-2-7-20(18)29-23/h1-2,4,6-8,14,16H,3,5,9-13,15H2. The number of aromatic nitrogens is 1. The van der Waals surface area contributed by atoms with Gasteiger partial charge in [0.05, 0.1) is 10.8 Å². The Morgan fingerprint density at radius 1 is 1.07 bits per heavy atom. The Bertz CT molecular complexity index is 1010. The van der Waals surface area contributed by atoms with Crippen LogP contribution >= 0.6 is 11.3 Å². The Morgan fingerprint density at radius 3 is 2.70 bits per heavy atom. The zero-order chi connectivity index (χ0) is 20.9. The Morgan fingerprint density at radius 2 is 1.90 bits per heavy atom. The van der Waals surface area contributed by atoms with Gasteiger partial charge in [-0.2, -0.15) is 0 Å². The van der Waals surface area contributed by atoms with Gasteiger partial charge in [0.15, 0.2) is 17.3 Å². The van der Waals surface area contributed by atoms with Gasteiger partial charge in [-0.1, -0.05) is 18.2 Å². The van der Waals surface area contributed by atoms with Crippen molar-refractivity contribution in [2.45, 2.75) is 44.4 Å². The number of fused-ring (bicyclic) bond motifs is 1. The molecule has 2 aromatic heterocycles. The van der Waals surface area contributed by atoms with E-state index < -0.39 is 0 Å². The third-order valence-electron chi connectivity index (χ3n) is 5.48. The van der Waals surface area contributed by atoms with E-state index in [1.807, 2.05) is 40.6 Å². The highest BCUT2D eigenvalue weighted by Crippen LogP contribution is 2.29. The van der Waals surface area contributed by atoms with Crippen molar-refractivity contribution in [3.05, 3.63) is 52.5 Å². The summed E-state index contributed by atoms with van der Waals surface area (Å²) in [7, 11) is 0. The lowest BCUT2D eigenvalue weighted by molar-refractivity contribution is -0.134. The molecular weight excluding hydrogens is 400 g/mol. The van der Waals surface area contributed by atoms with Crippen LogP contribution in [0.25, 0.3) is 11.1 Å². The van der Waals surface area contributed by atoms with E-state index >= 15 is 0 Å². The fourth-order valence-corrected chi connectivity index (χ4v) is 4.51. The molecule has 30 heavy (non-hydrogen) atoms. The number of nitrogens with zero attached hydrogens (tertiary/aromatic N) is 2. The maximum atomic E-state index is 12.6. The highest BCUT2D eigenvalue weighted by Gasteiger charge is 2.28. The van der Waals surface area contributed by atoms with Crippen molar-refractivity contribution in [3.8, 4) is 0 Å². The molecule has 1 aliphatic heterocycles. The van der Waals surface area contributed by atoms with Gasteiger partial charge >= 0.3 is 0 Å². The van der Waals surface area contributed by atoms with E-state index in [-0.39, 0.29) is 49.1 Å². The van der Waals surface area contributed by atoms with Gasteiger partial charge in [-0.15, -0.1) is 11.3 Å². The van der Waals surface area contributed by atoms with Crippen LogP contribution in [0.5, 0.6) is 0 Å². The van der Waals surface area contributed by atoms with E-state index in [0.717, 1.165) is 23.9 Å². The lowest BCUT2D eigenvalue weighted by atomic mass is 9.97. The molecular formula is C23H24N2O4S. The second-order valence-corrected chi connectivity index (χ2v) is 8.59. The number of oxazole rings is 1. The van der Waals surface area contributed by atoms with Crippen LogP contribution in [0.2, 0.25) is 0 Å². The first kappa shape index (κ1) is 20.5. The van der Waals surface area contributed by atoms with Crippen molar-refractivity contribution in [3.63, 3.8) is 0 Å². The second-order valence-electron chi connectivity index (χ2n) is 7.64. The molecule has 6 nitrogen and oxygen atoms in total. The largest absolute Gasteiger partial charge is 0.440 e. The Balaban J connectivity index is 1.26. The molecule has 0 bridgehead atoms. The predicted octanol–water partition coefficient (Wildman–Crippen LogP) is 4.61. The SMILES string of the molecule is O=C(CCC(=O)c1cccs1)CCC(=O)N1CCCC(c2nc3ccccc3o2)C1. The number of ketones is 2. The van der Waals surface area contributed by atoms with Gasteiger partial charge in [0.1, 0.15) is 11.3 Å². The van der Waals surface area contributed by atoms with Crippen LogP contribution in [-0.4, -0.2) is 40.4 Å². The van der Waals surface area contributed by atoms with Crippen LogP contribution in [0.3, 0.4) is 0 Å². The average molecular weight is 425 g/mol. The smallest absolute Gasteiger partial charge is 0.223 e. The summed E-state index contributed by atoms with van der Waals surface area (Å²) >= 11 is 1.38. The molecule has 0 N–H and O–H groups in total. The molecule has 3 heterocycles. The molecule has 3 aromatic rings. The normalized spacial score (nSPS) is 16.7. The molecule has 0 saturated carbocycles. The maximum absolute atomic E-state index is 12.6. The molecule has 0 aliphatic carbocycles. The summed E-state index contributed by atoms with van der Waals surface area (Å²) in [6.07, 6.45) is 2.58. The molecule has 1 aliphatic rings. The van der Waals surface area contributed by atoms with Crippen LogP contribution < -0.4 is 0 Å². The third-order valence-corrected chi connectivity index (χ3v) is 6.39. The van der Waals surface area contributed by atoms with Crippen LogP contribution in [-0.2, 0) is 9.59 Å². The molecule has 0 radical (unpaired) electrons.